The Labute approximate surface area is 102 Å². The average molecular weight is 236 g/mol. The lowest BCUT2D eigenvalue weighted by Gasteiger charge is -2.23. The third kappa shape index (κ3) is 3.77. The van der Waals surface area contributed by atoms with Gasteiger partial charge in [-0.25, -0.2) is 0 Å². The number of ether oxygens (including phenoxy) is 1. The minimum Gasteiger partial charge on any atom is -0.391 e. The van der Waals surface area contributed by atoms with Crippen molar-refractivity contribution in [1.29, 1.82) is 0 Å². The Morgan fingerprint density at radius 2 is 2.29 bits per heavy atom. The van der Waals surface area contributed by atoms with Crippen molar-refractivity contribution < 1.29 is 9.84 Å². The van der Waals surface area contributed by atoms with Gasteiger partial charge in [0.1, 0.15) is 0 Å². The summed E-state index contributed by atoms with van der Waals surface area (Å²) in [5.74, 6) is 0.301. The number of pyridine rings is 1. The third-order valence-corrected chi connectivity index (χ3v) is 3.21. The molecule has 4 nitrogen and oxygen atoms in total. The van der Waals surface area contributed by atoms with Crippen molar-refractivity contribution >= 4 is 0 Å². The highest BCUT2D eigenvalue weighted by Crippen LogP contribution is 2.17. The quantitative estimate of drug-likeness (QED) is 0.825. The lowest BCUT2D eigenvalue weighted by Crippen LogP contribution is -2.34. The Hall–Kier alpha value is -0.970. The Balaban J connectivity index is 1.78. The van der Waals surface area contributed by atoms with Crippen LogP contribution in [0.3, 0.4) is 0 Å². The van der Waals surface area contributed by atoms with E-state index in [1.54, 1.807) is 12.4 Å². The van der Waals surface area contributed by atoms with Crippen LogP contribution in [0.5, 0.6) is 0 Å². The average Bonchev–Trinajstić information content (AvgIpc) is 2.83. The zero-order valence-corrected chi connectivity index (χ0v) is 10.2. The lowest BCUT2D eigenvalue weighted by molar-refractivity contribution is 0.0615. The van der Waals surface area contributed by atoms with Crippen molar-refractivity contribution in [1.82, 2.24) is 9.88 Å². The first-order valence-electron chi connectivity index (χ1n) is 6.09. The molecule has 2 atom stereocenters. The number of rotatable bonds is 5. The molecule has 94 valence electrons. The molecule has 1 aliphatic rings. The zero-order chi connectivity index (χ0) is 12.1. The summed E-state index contributed by atoms with van der Waals surface area (Å²) >= 11 is 0. The molecular formula is C13H20N2O2. The first-order chi connectivity index (χ1) is 8.25. The van der Waals surface area contributed by atoms with Crippen LogP contribution in [0.4, 0.5) is 0 Å². The number of aliphatic hydroxyl groups excluding tert-OH is 1. The summed E-state index contributed by atoms with van der Waals surface area (Å²) in [6, 6.07) is 4.00. The van der Waals surface area contributed by atoms with Crippen molar-refractivity contribution in [2.75, 3.05) is 26.8 Å². The second kappa shape index (κ2) is 6.10. The van der Waals surface area contributed by atoms with Gasteiger partial charge in [0, 0.05) is 38.0 Å². The van der Waals surface area contributed by atoms with Gasteiger partial charge in [-0.3, -0.25) is 9.88 Å². The maximum Gasteiger partial charge on any atom is 0.0718 e. The number of hydrogen-bond acceptors (Lipinski definition) is 4. The Bertz CT molecular complexity index is 325. The fraction of sp³-hybridized carbons (Fsp3) is 0.615. The predicted octanol–water partition coefficient (Wildman–Crippen LogP) is 0.911. The van der Waals surface area contributed by atoms with Crippen molar-refractivity contribution in [2.45, 2.75) is 19.1 Å². The first kappa shape index (κ1) is 12.5. The van der Waals surface area contributed by atoms with Crippen molar-refractivity contribution in [3.8, 4) is 0 Å². The molecule has 2 rings (SSSR count). The predicted molar refractivity (Wildman–Crippen MR) is 65.5 cm³/mol. The number of hydrogen-bond donors (Lipinski definition) is 1. The Morgan fingerprint density at radius 3 is 2.94 bits per heavy atom. The summed E-state index contributed by atoms with van der Waals surface area (Å²) < 4.78 is 5.29. The van der Waals surface area contributed by atoms with Crippen molar-refractivity contribution in [3.05, 3.63) is 30.1 Å². The SMILES string of the molecule is CN(Cc1ccncc1)CC(O)C1CCOC1. The molecule has 1 saturated heterocycles. The number of aromatic nitrogens is 1. The van der Waals surface area contributed by atoms with Gasteiger partial charge in [0.2, 0.25) is 0 Å². The fourth-order valence-corrected chi connectivity index (χ4v) is 2.19. The van der Waals surface area contributed by atoms with Crippen LogP contribution in [0.15, 0.2) is 24.5 Å². The van der Waals surface area contributed by atoms with Gasteiger partial charge in [-0.2, -0.15) is 0 Å². The van der Waals surface area contributed by atoms with Crippen LogP contribution >= 0.6 is 0 Å². The smallest absolute Gasteiger partial charge is 0.0718 e. The van der Waals surface area contributed by atoms with E-state index in [9.17, 15) is 5.11 Å². The lowest BCUT2D eigenvalue weighted by atomic mass is 10.0. The molecule has 0 amide bonds. The minimum atomic E-state index is -0.288. The van der Waals surface area contributed by atoms with E-state index < -0.39 is 0 Å². The molecule has 1 fully saturated rings. The van der Waals surface area contributed by atoms with Crippen LogP contribution in [0.2, 0.25) is 0 Å². The summed E-state index contributed by atoms with van der Waals surface area (Å²) in [4.78, 5) is 6.13. The molecule has 0 bridgehead atoms. The molecule has 1 aromatic heterocycles. The van der Waals surface area contributed by atoms with Crippen LogP contribution in [-0.4, -0.2) is 47.9 Å². The number of likely N-dealkylation sites (N-methyl/N-ethyl adjacent to an activating group) is 1. The first-order valence-corrected chi connectivity index (χ1v) is 6.09. The summed E-state index contributed by atoms with van der Waals surface area (Å²) in [5.41, 5.74) is 1.22. The van der Waals surface area contributed by atoms with Gasteiger partial charge in [-0.15, -0.1) is 0 Å². The molecule has 4 heteroatoms. The topological polar surface area (TPSA) is 45.6 Å². The molecule has 0 saturated carbocycles. The van der Waals surface area contributed by atoms with Crippen LogP contribution < -0.4 is 0 Å². The van der Waals surface area contributed by atoms with E-state index in [1.165, 1.54) is 5.56 Å². The third-order valence-electron chi connectivity index (χ3n) is 3.21. The van der Waals surface area contributed by atoms with Crippen LogP contribution in [0.1, 0.15) is 12.0 Å². The van der Waals surface area contributed by atoms with E-state index in [1.807, 2.05) is 19.2 Å². The van der Waals surface area contributed by atoms with E-state index >= 15 is 0 Å². The highest BCUT2D eigenvalue weighted by atomic mass is 16.5. The molecular weight excluding hydrogens is 216 g/mol. The van der Waals surface area contributed by atoms with Gasteiger partial charge in [0.25, 0.3) is 0 Å². The molecule has 1 aliphatic heterocycles. The highest BCUT2D eigenvalue weighted by molar-refractivity contribution is 5.09. The Morgan fingerprint density at radius 1 is 1.53 bits per heavy atom. The van der Waals surface area contributed by atoms with Crippen molar-refractivity contribution in [2.24, 2.45) is 5.92 Å². The molecule has 2 heterocycles. The second-order valence-corrected chi connectivity index (χ2v) is 4.74. The Kier molecular flexibility index (Phi) is 4.48. The van der Waals surface area contributed by atoms with Gasteiger partial charge in [0.05, 0.1) is 12.7 Å². The minimum absolute atomic E-state index is 0.288. The van der Waals surface area contributed by atoms with E-state index in [0.29, 0.717) is 19.1 Å². The maximum atomic E-state index is 10.1. The molecule has 0 aliphatic carbocycles. The summed E-state index contributed by atoms with van der Waals surface area (Å²) in [7, 11) is 2.03. The van der Waals surface area contributed by atoms with E-state index in [2.05, 4.69) is 9.88 Å². The molecule has 0 aromatic carbocycles. The van der Waals surface area contributed by atoms with E-state index in [4.69, 9.17) is 4.74 Å². The largest absolute Gasteiger partial charge is 0.391 e. The normalized spacial score (nSPS) is 21.9. The summed E-state index contributed by atoms with van der Waals surface area (Å²) in [6.07, 6.45) is 4.28. The van der Waals surface area contributed by atoms with Crippen molar-refractivity contribution in [3.63, 3.8) is 0 Å². The van der Waals surface area contributed by atoms with Gasteiger partial charge < -0.3 is 9.84 Å². The zero-order valence-electron chi connectivity index (χ0n) is 10.2. The second-order valence-electron chi connectivity index (χ2n) is 4.74. The maximum absolute atomic E-state index is 10.1. The summed E-state index contributed by atoms with van der Waals surface area (Å²) in [5, 5.41) is 10.1. The number of aliphatic hydroxyl groups is 1. The van der Waals surface area contributed by atoms with Gasteiger partial charge in [-0.1, -0.05) is 0 Å². The van der Waals surface area contributed by atoms with E-state index in [0.717, 1.165) is 19.6 Å². The molecule has 0 spiro atoms. The van der Waals surface area contributed by atoms with Crippen LogP contribution in [0.25, 0.3) is 0 Å². The molecule has 1 aromatic rings. The van der Waals surface area contributed by atoms with Gasteiger partial charge >= 0.3 is 0 Å². The van der Waals surface area contributed by atoms with E-state index in [-0.39, 0.29) is 6.10 Å². The van der Waals surface area contributed by atoms with Gasteiger partial charge in [-0.05, 0) is 31.2 Å². The molecule has 0 radical (unpaired) electrons. The van der Waals surface area contributed by atoms with Gasteiger partial charge in [0.15, 0.2) is 0 Å². The van der Waals surface area contributed by atoms with Crippen LogP contribution in [0, 0.1) is 5.92 Å². The highest BCUT2D eigenvalue weighted by Gasteiger charge is 2.24. The molecule has 17 heavy (non-hydrogen) atoms. The summed E-state index contributed by atoms with van der Waals surface area (Å²) in [6.45, 7) is 3.02. The van der Waals surface area contributed by atoms with Crippen LogP contribution in [-0.2, 0) is 11.3 Å². The molecule has 1 N–H and O–H groups in total. The number of nitrogens with zero attached hydrogens (tertiary/aromatic N) is 2. The standard InChI is InChI=1S/C13H20N2O2/c1-15(8-11-2-5-14-6-3-11)9-13(16)12-4-7-17-10-12/h2-3,5-6,12-13,16H,4,7-10H2,1H3. The molecule has 2 unspecified atom stereocenters. The monoisotopic (exact) mass is 236 g/mol. The fourth-order valence-electron chi connectivity index (χ4n) is 2.19.